The minimum atomic E-state index is -1.74. The SMILES string of the molecule is CCCCC(=O)O[C@@H]1[C@@H](OC(=O)CCCC)[C@H](OC(=O)CCCC)[C@@H](O)[C@@H](O)[C@H]1OC(=O)CCCC. The topological polar surface area (TPSA) is 146 Å². The zero-order chi connectivity index (χ0) is 27.1. The fraction of sp³-hybridized carbons (Fsp3) is 0.846. The van der Waals surface area contributed by atoms with E-state index in [1.54, 1.807) is 0 Å². The van der Waals surface area contributed by atoms with E-state index in [0.717, 1.165) is 25.7 Å². The molecule has 0 aromatic heterocycles. The smallest absolute Gasteiger partial charge is 0.306 e. The maximum Gasteiger partial charge on any atom is 0.306 e. The van der Waals surface area contributed by atoms with Gasteiger partial charge >= 0.3 is 23.9 Å². The van der Waals surface area contributed by atoms with Crippen molar-refractivity contribution in [2.45, 2.75) is 141 Å². The number of aliphatic hydroxyl groups excluding tert-OH is 2. The van der Waals surface area contributed by atoms with E-state index in [0.29, 0.717) is 25.7 Å². The van der Waals surface area contributed by atoms with E-state index in [1.165, 1.54) is 0 Å². The number of hydrogen-bond acceptors (Lipinski definition) is 10. The molecular weight excluding hydrogens is 472 g/mol. The number of carbonyl (C=O) groups excluding carboxylic acids is 4. The Balaban J connectivity index is 3.34. The Bertz CT molecular complexity index is 636. The molecule has 0 amide bonds. The van der Waals surface area contributed by atoms with Crippen molar-refractivity contribution >= 4 is 23.9 Å². The van der Waals surface area contributed by atoms with Crippen LogP contribution in [0.2, 0.25) is 0 Å². The van der Waals surface area contributed by atoms with E-state index >= 15 is 0 Å². The number of aliphatic hydroxyl groups is 2. The summed E-state index contributed by atoms with van der Waals surface area (Å²) < 4.78 is 22.1. The molecule has 0 spiro atoms. The standard InChI is InChI=1S/C26H44O10/c1-5-9-13-17(27)33-23-21(31)22(32)24(34-18(28)14-10-6-2)26(36-20(30)16-12-8-4)25(23)35-19(29)15-11-7-3/h21-26,31-32H,5-16H2,1-4H3/t21-,22+,23-,24-,25+,26+/m1/s1. The van der Waals surface area contributed by atoms with Crippen LogP contribution in [0.3, 0.4) is 0 Å². The second kappa shape index (κ2) is 17.3. The van der Waals surface area contributed by atoms with Crippen LogP contribution < -0.4 is 0 Å². The summed E-state index contributed by atoms with van der Waals surface area (Å²) in [5.41, 5.74) is 0. The Hall–Kier alpha value is -2.20. The van der Waals surface area contributed by atoms with Gasteiger partial charge < -0.3 is 29.2 Å². The normalized spacial score (nSPS) is 25.6. The van der Waals surface area contributed by atoms with E-state index in [2.05, 4.69) is 0 Å². The molecule has 208 valence electrons. The summed E-state index contributed by atoms with van der Waals surface area (Å²) in [5, 5.41) is 21.7. The average molecular weight is 517 g/mol. The highest BCUT2D eigenvalue weighted by molar-refractivity contribution is 5.72. The minimum Gasteiger partial charge on any atom is -0.455 e. The van der Waals surface area contributed by atoms with Gasteiger partial charge in [0.05, 0.1) is 0 Å². The van der Waals surface area contributed by atoms with Crippen molar-refractivity contribution in [2.75, 3.05) is 0 Å². The number of esters is 4. The van der Waals surface area contributed by atoms with Gasteiger partial charge in [-0.05, 0) is 25.7 Å². The lowest BCUT2D eigenvalue weighted by atomic mass is 9.84. The van der Waals surface area contributed by atoms with Crippen molar-refractivity contribution in [1.82, 2.24) is 0 Å². The Morgan fingerprint density at radius 2 is 0.694 bits per heavy atom. The van der Waals surface area contributed by atoms with Crippen LogP contribution in [0.1, 0.15) is 105 Å². The molecule has 6 atom stereocenters. The van der Waals surface area contributed by atoms with Crippen LogP contribution in [0.25, 0.3) is 0 Å². The molecule has 1 aliphatic rings. The van der Waals surface area contributed by atoms with Crippen molar-refractivity contribution in [1.29, 1.82) is 0 Å². The summed E-state index contributed by atoms with van der Waals surface area (Å²) >= 11 is 0. The molecule has 1 saturated carbocycles. The Kier molecular flexibility index (Phi) is 15.3. The molecule has 1 aliphatic carbocycles. The number of carbonyl (C=O) groups is 4. The maximum atomic E-state index is 12.6. The zero-order valence-corrected chi connectivity index (χ0v) is 22.1. The molecule has 36 heavy (non-hydrogen) atoms. The molecule has 0 unspecified atom stereocenters. The Morgan fingerprint density at radius 3 is 0.917 bits per heavy atom. The predicted molar refractivity (Wildman–Crippen MR) is 130 cm³/mol. The summed E-state index contributed by atoms with van der Waals surface area (Å²) in [5.74, 6) is -2.61. The molecule has 0 aromatic rings. The van der Waals surface area contributed by atoms with Gasteiger partial charge in [0.1, 0.15) is 12.2 Å². The number of rotatable bonds is 16. The van der Waals surface area contributed by atoms with E-state index in [1.807, 2.05) is 27.7 Å². The van der Waals surface area contributed by atoms with E-state index < -0.39 is 60.5 Å². The summed E-state index contributed by atoms with van der Waals surface area (Å²) in [6, 6.07) is 0. The van der Waals surface area contributed by atoms with E-state index in [4.69, 9.17) is 18.9 Å². The third-order valence-electron chi connectivity index (χ3n) is 6.00. The largest absolute Gasteiger partial charge is 0.455 e. The fourth-order valence-corrected chi connectivity index (χ4v) is 3.82. The van der Waals surface area contributed by atoms with Gasteiger partial charge in [-0.2, -0.15) is 0 Å². The quantitative estimate of drug-likeness (QED) is 0.232. The maximum absolute atomic E-state index is 12.6. The molecular formula is C26H44O10. The molecule has 1 rings (SSSR count). The van der Waals surface area contributed by atoms with E-state index in [9.17, 15) is 29.4 Å². The van der Waals surface area contributed by atoms with Gasteiger partial charge in [0.2, 0.25) is 0 Å². The highest BCUT2D eigenvalue weighted by Crippen LogP contribution is 2.32. The molecule has 0 heterocycles. The Labute approximate surface area is 214 Å². The summed E-state index contributed by atoms with van der Waals surface area (Å²) in [6.07, 6.45) is -4.14. The lowest BCUT2D eigenvalue weighted by Crippen LogP contribution is -2.67. The van der Waals surface area contributed by atoms with Crippen molar-refractivity contribution in [3.63, 3.8) is 0 Å². The monoisotopic (exact) mass is 516 g/mol. The molecule has 2 N–H and O–H groups in total. The van der Waals surface area contributed by atoms with Crippen molar-refractivity contribution < 1.29 is 48.3 Å². The molecule has 10 heteroatoms. The van der Waals surface area contributed by atoms with Gasteiger partial charge in [-0.1, -0.05) is 53.4 Å². The summed E-state index contributed by atoms with van der Waals surface area (Å²) in [6.45, 7) is 7.59. The van der Waals surface area contributed by atoms with Crippen LogP contribution in [0.5, 0.6) is 0 Å². The predicted octanol–water partition coefficient (Wildman–Crippen LogP) is 3.13. The van der Waals surface area contributed by atoms with E-state index in [-0.39, 0.29) is 25.7 Å². The highest BCUT2D eigenvalue weighted by Gasteiger charge is 2.57. The second-order valence-corrected chi connectivity index (χ2v) is 9.21. The minimum absolute atomic E-state index is 0.0552. The lowest BCUT2D eigenvalue weighted by Gasteiger charge is -2.45. The van der Waals surface area contributed by atoms with Crippen LogP contribution in [0.15, 0.2) is 0 Å². The van der Waals surface area contributed by atoms with Crippen molar-refractivity contribution in [3.05, 3.63) is 0 Å². The van der Waals surface area contributed by atoms with Crippen LogP contribution >= 0.6 is 0 Å². The Morgan fingerprint density at radius 1 is 0.472 bits per heavy atom. The molecule has 0 aromatic carbocycles. The van der Waals surface area contributed by atoms with Gasteiger partial charge in [-0.15, -0.1) is 0 Å². The summed E-state index contributed by atoms with van der Waals surface area (Å²) in [4.78, 5) is 50.0. The first-order valence-electron chi connectivity index (χ1n) is 13.3. The van der Waals surface area contributed by atoms with Crippen LogP contribution in [-0.4, -0.2) is 70.7 Å². The highest BCUT2D eigenvalue weighted by atomic mass is 16.6. The third kappa shape index (κ3) is 10.4. The number of hydrogen-bond donors (Lipinski definition) is 2. The molecule has 0 aliphatic heterocycles. The molecule has 0 bridgehead atoms. The van der Waals surface area contributed by atoms with Gasteiger partial charge in [0.25, 0.3) is 0 Å². The number of unbranched alkanes of at least 4 members (excludes halogenated alkanes) is 4. The first-order valence-corrected chi connectivity index (χ1v) is 13.3. The van der Waals surface area contributed by atoms with Gasteiger partial charge in [-0.25, -0.2) is 0 Å². The van der Waals surface area contributed by atoms with Crippen LogP contribution in [0.4, 0.5) is 0 Å². The van der Waals surface area contributed by atoms with Crippen molar-refractivity contribution in [2.24, 2.45) is 0 Å². The first-order chi connectivity index (χ1) is 17.2. The molecule has 10 nitrogen and oxygen atoms in total. The number of ether oxygens (including phenoxy) is 4. The van der Waals surface area contributed by atoms with Gasteiger partial charge in [0, 0.05) is 25.7 Å². The molecule has 1 fully saturated rings. The summed E-state index contributed by atoms with van der Waals surface area (Å²) in [7, 11) is 0. The van der Waals surface area contributed by atoms with Gasteiger partial charge in [-0.3, -0.25) is 19.2 Å². The van der Waals surface area contributed by atoms with Crippen LogP contribution in [-0.2, 0) is 38.1 Å². The lowest BCUT2D eigenvalue weighted by molar-refractivity contribution is -0.253. The van der Waals surface area contributed by atoms with Gasteiger partial charge in [0.15, 0.2) is 24.4 Å². The fourth-order valence-electron chi connectivity index (χ4n) is 3.82. The first kappa shape index (κ1) is 31.8. The molecule has 0 radical (unpaired) electrons. The molecule has 0 saturated heterocycles. The zero-order valence-electron chi connectivity index (χ0n) is 22.1. The second-order valence-electron chi connectivity index (χ2n) is 9.21. The van der Waals surface area contributed by atoms with Crippen LogP contribution in [0, 0.1) is 0 Å². The average Bonchev–Trinajstić information content (AvgIpc) is 2.86. The third-order valence-corrected chi connectivity index (χ3v) is 6.00. The van der Waals surface area contributed by atoms with Crippen molar-refractivity contribution in [3.8, 4) is 0 Å².